The Kier molecular flexibility index (Phi) is 5.81. The summed E-state index contributed by atoms with van der Waals surface area (Å²) < 4.78 is 0. The molecule has 3 saturated heterocycles. The second kappa shape index (κ2) is 8.10. The van der Waals surface area contributed by atoms with Gasteiger partial charge in [-0.25, -0.2) is 4.98 Å². The van der Waals surface area contributed by atoms with Crippen molar-refractivity contribution in [1.82, 2.24) is 20.1 Å². The Balaban J connectivity index is 1.30. The molecule has 26 heavy (non-hydrogen) atoms. The maximum atomic E-state index is 12.6. The van der Waals surface area contributed by atoms with Crippen molar-refractivity contribution in [2.24, 2.45) is 0 Å². The van der Waals surface area contributed by atoms with E-state index in [-0.39, 0.29) is 11.9 Å². The van der Waals surface area contributed by atoms with Crippen LogP contribution in [0.3, 0.4) is 0 Å². The van der Waals surface area contributed by atoms with Crippen molar-refractivity contribution in [1.29, 1.82) is 0 Å². The lowest BCUT2D eigenvalue weighted by Gasteiger charge is -2.38. The van der Waals surface area contributed by atoms with Gasteiger partial charge in [-0.2, -0.15) is 0 Å². The molecule has 6 nitrogen and oxygen atoms in total. The van der Waals surface area contributed by atoms with Crippen molar-refractivity contribution < 1.29 is 4.79 Å². The number of piperazine rings is 1. The fraction of sp³-hybridized carbons (Fsp3) is 0.647. The van der Waals surface area contributed by atoms with Crippen molar-refractivity contribution in [3.8, 4) is 0 Å². The molecule has 0 aliphatic carbocycles. The number of hydrogen-bond donors (Lipinski definition) is 1. The molecule has 4 heterocycles. The average molecular weight is 416 g/mol. The van der Waals surface area contributed by atoms with Crippen molar-refractivity contribution in [3.05, 3.63) is 22.3 Å². The van der Waals surface area contributed by atoms with Crippen LogP contribution in [0.4, 0.5) is 5.82 Å². The minimum atomic E-state index is -0.0240. The predicted molar refractivity (Wildman–Crippen MR) is 107 cm³/mol. The van der Waals surface area contributed by atoms with Gasteiger partial charge in [-0.05, 0) is 12.5 Å². The van der Waals surface area contributed by atoms with Gasteiger partial charge in [-0.3, -0.25) is 9.69 Å². The number of carbonyl (C=O) groups excluding carboxylic acids is 1. The highest BCUT2D eigenvalue weighted by molar-refractivity contribution is 7.99. The van der Waals surface area contributed by atoms with Gasteiger partial charge in [-0.15, -0.1) is 11.8 Å². The number of rotatable bonds is 3. The van der Waals surface area contributed by atoms with E-state index >= 15 is 0 Å². The van der Waals surface area contributed by atoms with E-state index in [1.54, 1.807) is 12.3 Å². The Bertz CT molecular complexity index is 665. The van der Waals surface area contributed by atoms with E-state index in [9.17, 15) is 4.79 Å². The summed E-state index contributed by atoms with van der Waals surface area (Å²) in [6, 6.07) is 2.14. The van der Waals surface area contributed by atoms with Gasteiger partial charge in [0.2, 0.25) is 5.91 Å². The smallest absolute Gasteiger partial charge is 0.240 e. The maximum absolute atomic E-state index is 12.6. The van der Waals surface area contributed by atoms with Crippen LogP contribution >= 0.6 is 35.0 Å². The number of carbonyl (C=O) groups is 1. The number of anilines is 1. The first-order valence-corrected chi connectivity index (χ1v) is 10.9. The molecule has 2 atom stereocenters. The highest BCUT2D eigenvalue weighted by atomic mass is 35.5. The molecule has 3 fully saturated rings. The van der Waals surface area contributed by atoms with Crippen molar-refractivity contribution in [3.63, 3.8) is 0 Å². The first-order valence-electron chi connectivity index (χ1n) is 9.02. The summed E-state index contributed by atoms with van der Waals surface area (Å²) in [5, 5.41) is 4.59. The quantitative estimate of drug-likeness (QED) is 0.811. The van der Waals surface area contributed by atoms with Gasteiger partial charge in [0, 0.05) is 57.3 Å². The average Bonchev–Trinajstić information content (AvgIpc) is 3.34. The second-order valence-corrected chi connectivity index (χ2v) is 8.89. The fourth-order valence-electron chi connectivity index (χ4n) is 3.93. The van der Waals surface area contributed by atoms with Crippen LogP contribution in [0.25, 0.3) is 0 Å². The largest absolute Gasteiger partial charge is 0.353 e. The summed E-state index contributed by atoms with van der Waals surface area (Å²) in [7, 11) is 0. The lowest BCUT2D eigenvalue weighted by atomic mass is 10.1. The number of hydrogen-bond acceptors (Lipinski definition) is 6. The lowest BCUT2D eigenvalue weighted by Crippen LogP contribution is -2.51. The third kappa shape index (κ3) is 3.92. The Morgan fingerprint density at radius 3 is 2.73 bits per heavy atom. The molecule has 9 heteroatoms. The van der Waals surface area contributed by atoms with Gasteiger partial charge in [-0.1, -0.05) is 23.2 Å². The lowest BCUT2D eigenvalue weighted by molar-refractivity contribution is -0.131. The number of halogens is 2. The summed E-state index contributed by atoms with van der Waals surface area (Å²) in [5.41, 5.74) is 0. The van der Waals surface area contributed by atoms with Crippen molar-refractivity contribution >= 4 is 46.7 Å². The van der Waals surface area contributed by atoms with E-state index in [0.717, 1.165) is 63.1 Å². The number of aromatic nitrogens is 1. The third-order valence-electron chi connectivity index (χ3n) is 5.39. The van der Waals surface area contributed by atoms with E-state index in [1.165, 1.54) is 0 Å². The minimum Gasteiger partial charge on any atom is -0.353 e. The Labute approximate surface area is 168 Å². The third-order valence-corrected chi connectivity index (χ3v) is 6.84. The Morgan fingerprint density at radius 1 is 1.23 bits per heavy atom. The molecule has 0 spiro atoms. The summed E-state index contributed by atoms with van der Waals surface area (Å²) in [5.74, 6) is 2.98. The summed E-state index contributed by atoms with van der Waals surface area (Å²) in [6.45, 7) is 5.44. The Hall–Kier alpha value is -0.730. The van der Waals surface area contributed by atoms with Crippen LogP contribution in [0.1, 0.15) is 6.42 Å². The summed E-state index contributed by atoms with van der Waals surface area (Å²) in [6.07, 6.45) is 2.54. The van der Waals surface area contributed by atoms with Crippen LogP contribution in [-0.2, 0) is 4.79 Å². The normalized spacial score (nSPS) is 27.3. The zero-order valence-corrected chi connectivity index (χ0v) is 16.9. The van der Waals surface area contributed by atoms with Crippen LogP contribution in [0.5, 0.6) is 0 Å². The number of nitrogens with zero attached hydrogens (tertiary/aromatic N) is 4. The molecule has 3 aliphatic rings. The second-order valence-electron chi connectivity index (χ2n) is 6.97. The molecule has 142 valence electrons. The highest BCUT2D eigenvalue weighted by Gasteiger charge is 2.36. The molecule has 0 unspecified atom stereocenters. The Morgan fingerprint density at radius 2 is 2.04 bits per heavy atom. The number of thioether (sulfide) groups is 1. The summed E-state index contributed by atoms with van der Waals surface area (Å²) >= 11 is 14.1. The van der Waals surface area contributed by atoms with Gasteiger partial charge < -0.3 is 15.1 Å². The van der Waals surface area contributed by atoms with Gasteiger partial charge in [0.15, 0.2) is 0 Å². The molecular weight excluding hydrogens is 393 g/mol. The molecule has 0 aromatic carbocycles. The van der Waals surface area contributed by atoms with E-state index in [1.807, 2.05) is 16.7 Å². The van der Waals surface area contributed by atoms with Gasteiger partial charge in [0.25, 0.3) is 0 Å². The van der Waals surface area contributed by atoms with Gasteiger partial charge in [0.1, 0.15) is 5.82 Å². The van der Waals surface area contributed by atoms with E-state index in [2.05, 4.69) is 20.1 Å². The van der Waals surface area contributed by atoms with Crippen LogP contribution in [-0.4, -0.2) is 83.7 Å². The molecule has 1 amide bonds. The molecule has 1 aromatic heterocycles. The highest BCUT2D eigenvalue weighted by Crippen LogP contribution is 2.28. The molecular formula is C17H23Cl2N5OS. The van der Waals surface area contributed by atoms with E-state index < -0.39 is 0 Å². The number of amides is 1. The topological polar surface area (TPSA) is 51.7 Å². The first-order chi connectivity index (χ1) is 12.6. The van der Waals surface area contributed by atoms with Crippen LogP contribution in [0.2, 0.25) is 10.0 Å². The fourth-order valence-corrected chi connectivity index (χ4v) is 5.39. The minimum absolute atomic E-state index is 0.0240. The molecule has 3 aliphatic heterocycles. The molecule has 0 saturated carbocycles. The number of nitrogens with one attached hydrogen (secondary N) is 1. The zero-order valence-electron chi connectivity index (χ0n) is 14.5. The number of pyridine rings is 1. The zero-order chi connectivity index (χ0) is 18.1. The molecule has 1 aromatic rings. The summed E-state index contributed by atoms with van der Waals surface area (Å²) in [4.78, 5) is 23.6. The van der Waals surface area contributed by atoms with Crippen LogP contribution < -0.4 is 10.2 Å². The van der Waals surface area contributed by atoms with Crippen molar-refractivity contribution in [2.75, 3.05) is 55.8 Å². The standard InChI is InChI=1S/C17H23Cl2N5OS/c18-12-7-14(19)16(21-9-12)23-3-1-22(2-4-23)13-8-15(20-10-13)17(25)24-5-6-26-11-24/h7,9,13,15,20H,1-6,8,10-11H2/t13-,15-/m0/s1. The molecule has 0 radical (unpaired) electrons. The van der Waals surface area contributed by atoms with Gasteiger partial charge >= 0.3 is 0 Å². The van der Waals surface area contributed by atoms with Gasteiger partial charge in [0.05, 0.1) is 22.0 Å². The van der Waals surface area contributed by atoms with Crippen molar-refractivity contribution in [2.45, 2.75) is 18.5 Å². The van der Waals surface area contributed by atoms with E-state index in [4.69, 9.17) is 23.2 Å². The van der Waals surface area contributed by atoms with E-state index in [0.29, 0.717) is 16.1 Å². The predicted octanol–water partition coefficient (Wildman–Crippen LogP) is 1.77. The monoisotopic (exact) mass is 415 g/mol. The van der Waals surface area contributed by atoms with Crippen LogP contribution in [0, 0.1) is 0 Å². The molecule has 4 rings (SSSR count). The maximum Gasteiger partial charge on any atom is 0.240 e. The SMILES string of the molecule is O=C([C@@H]1C[C@H](N2CCN(c3ncc(Cl)cc3Cl)CC2)CN1)N1CCSC1. The first kappa shape index (κ1) is 18.6. The molecule has 0 bridgehead atoms. The van der Waals surface area contributed by atoms with Crippen LogP contribution in [0.15, 0.2) is 12.3 Å². The molecule has 1 N–H and O–H groups in total.